The summed E-state index contributed by atoms with van der Waals surface area (Å²) in [5, 5.41) is 262. The molecule has 107 heavy (non-hydrogen) atoms. The third kappa shape index (κ3) is 16.3. The van der Waals surface area contributed by atoms with E-state index in [-0.39, 0.29) is 0 Å². The Morgan fingerprint density at radius 3 is 0.514 bits per heavy atom. The first-order valence-corrected chi connectivity index (χ1v) is 34.8. The quantitative estimate of drug-likeness (QED) is 0.0707. The molecule has 0 radical (unpaired) electrons. The molecule has 23 N–H and O–H groups in total. The van der Waals surface area contributed by atoms with Gasteiger partial charge in [-0.05, 0) is 16.7 Å². The Morgan fingerprint density at radius 1 is 0.206 bits per heavy atom. The van der Waals surface area contributed by atoms with Gasteiger partial charge in [0.05, 0.1) is 52.9 Å². The summed E-state index contributed by atoms with van der Waals surface area (Å²) >= 11 is 0. The number of rotatable bonds is 13. The molecule has 40 heteroatoms. The van der Waals surface area contributed by atoms with Crippen molar-refractivity contribution in [2.24, 2.45) is 0 Å². The topological polar surface area (TPSA) is 622 Å². The van der Waals surface area contributed by atoms with Crippen molar-refractivity contribution in [2.45, 2.75) is 251 Å². The summed E-state index contributed by atoms with van der Waals surface area (Å²) in [5.74, 6) is 0. The van der Waals surface area contributed by atoms with E-state index >= 15 is 0 Å². The van der Waals surface area contributed by atoms with Gasteiger partial charge >= 0.3 is 0 Å². The summed E-state index contributed by atoms with van der Waals surface area (Å²) in [7, 11) is 0. The number of ether oxygens (including phenoxy) is 17. The lowest BCUT2D eigenvalue weighted by molar-refractivity contribution is -0.404. The summed E-state index contributed by atoms with van der Waals surface area (Å²) in [4.78, 5) is 0. The fraction of sp³-hybridized carbons (Fsp3) is 0.731. The van der Waals surface area contributed by atoms with Crippen LogP contribution in [0.15, 0.2) is 91.0 Å². The molecule has 0 aliphatic carbocycles. The van der Waals surface area contributed by atoms with Crippen molar-refractivity contribution in [1.29, 1.82) is 0 Å². The average molecular weight is 1540 g/mol. The molecule has 0 unspecified atom stereocenters. The minimum atomic E-state index is -2.30. The molecular formula is C67H94O40. The minimum absolute atomic E-state index is 0.540. The van der Waals surface area contributed by atoms with Crippen LogP contribution in [0.1, 0.15) is 16.7 Å². The molecule has 30 aliphatic rings. The van der Waals surface area contributed by atoms with Gasteiger partial charge in [-0.1, -0.05) is 91.0 Å². The average Bonchev–Trinajstić information content (AvgIpc) is 0.757. The first kappa shape index (κ1) is 82.5. The van der Waals surface area contributed by atoms with Crippen LogP contribution in [0.25, 0.3) is 0 Å². The van der Waals surface area contributed by atoms with Crippen LogP contribution in [0.4, 0.5) is 0 Å². The first-order valence-electron chi connectivity index (χ1n) is 34.8. The lowest BCUT2D eigenvalue weighted by Gasteiger charge is -2.51. The van der Waals surface area contributed by atoms with Crippen LogP contribution < -0.4 is 0 Å². The van der Waals surface area contributed by atoms with Crippen LogP contribution >= 0.6 is 0 Å². The predicted molar refractivity (Wildman–Crippen MR) is 339 cm³/mol. The monoisotopic (exact) mass is 1540 g/mol. The van der Waals surface area contributed by atoms with Crippen molar-refractivity contribution in [3.8, 4) is 0 Å². The molecular weight excluding hydrogens is 1440 g/mol. The van der Waals surface area contributed by atoms with Gasteiger partial charge < -0.3 is 198 Å². The summed E-state index contributed by atoms with van der Waals surface area (Å²) in [6, 6.07) is 26.4. The van der Waals surface area contributed by atoms with Gasteiger partial charge in [-0.3, -0.25) is 0 Å². The van der Waals surface area contributed by atoms with Gasteiger partial charge in [0.25, 0.3) is 0 Å². The van der Waals surface area contributed by atoms with Gasteiger partial charge in [-0.15, -0.1) is 0 Å². The lowest BCUT2D eigenvalue weighted by Crippen LogP contribution is -2.69. The molecule has 602 valence electrons. The third-order valence-electron chi connectivity index (χ3n) is 20.7. The van der Waals surface area contributed by atoms with E-state index in [1.165, 1.54) is 0 Å². The van der Waals surface area contributed by atoms with Crippen molar-refractivity contribution in [2.75, 3.05) is 52.9 Å². The van der Waals surface area contributed by atoms with Crippen molar-refractivity contribution in [1.82, 2.24) is 0 Å². The van der Waals surface area contributed by atoms with E-state index in [4.69, 9.17) is 80.5 Å². The highest BCUT2D eigenvalue weighted by molar-refractivity contribution is 5.47. The van der Waals surface area contributed by atoms with Crippen LogP contribution in [0.5, 0.6) is 0 Å². The molecule has 40 nitrogen and oxygen atoms in total. The van der Waals surface area contributed by atoms with Crippen LogP contribution in [0.3, 0.4) is 0 Å². The zero-order valence-corrected chi connectivity index (χ0v) is 56.6. The second-order valence-corrected chi connectivity index (χ2v) is 27.4. The smallest absolute Gasteiger partial charge is 0.187 e. The molecule has 0 spiro atoms. The fourth-order valence-electron chi connectivity index (χ4n) is 14.9. The standard InChI is InChI=1S/C67H94O40/c68-16-27-51-35(75)43(83)59(92-27)101-52-28(17-69)94-61(45(85)37(52)77)103-54-30(19-71)96-63(47(87)39(54)79)105-56-32(21-73)98-65(49(89)41(56)81)107-58-34(23-91-67(24-10-4-1-5-11-24,25-12-6-2-7-13-25)26-14-8-3-9-15-26)99-66(50(90)42(58)82)106-57-33(22-74)97-64(48(88)40(57)80)104-55-31(20-72)95-62(46(86)38(55)78)102-53-29(18-70)93-60(100-51)44(84)36(53)76/h1-15,27-66,68-90H,16-23H2/t27-,28-,29+,30-,31+,32-,33+,34-,35-,36-,37-,38-,39-,40-,41-,42-,43-,44-,45-,46-,47-,48-,49+,50-,51-,52-,53-,54-,55-,56-,57-,58-,59-,60-,61-,62-,63-,64-,65-,66-/m1/s1. The Bertz CT molecular complexity index is 3090. The summed E-state index contributed by atoms with van der Waals surface area (Å²) in [5.41, 5.74) is 0.0418. The van der Waals surface area contributed by atoms with Gasteiger partial charge in [0, 0.05) is 0 Å². The number of hydrogen-bond acceptors (Lipinski definition) is 40. The number of aliphatic hydroxyl groups is 23. The van der Waals surface area contributed by atoms with E-state index in [0.29, 0.717) is 16.7 Å². The highest BCUT2D eigenvalue weighted by Gasteiger charge is 2.61. The molecule has 30 fully saturated rings. The predicted octanol–water partition coefficient (Wildman–Crippen LogP) is -12.4. The molecule has 16 bridgehead atoms. The Kier molecular flexibility index (Phi) is 27.5. The van der Waals surface area contributed by atoms with Crippen LogP contribution in [0.2, 0.25) is 0 Å². The van der Waals surface area contributed by atoms with E-state index in [1.807, 2.05) is 0 Å². The fourth-order valence-corrected chi connectivity index (χ4v) is 14.9. The normalized spacial score (nSPS) is 47.7. The summed E-state index contributed by atoms with van der Waals surface area (Å²) < 4.78 is 102. The number of aliphatic hydroxyl groups excluding tert-OH is 23. The summed E-state index contributed by atoms with van der Waals surface area (Å²) in [6.07, 6.45) is -83.0. The van der Waals surface area contributed by atoms with Gasteiger partial charge in [0.2, 0.25) is 0 Å². The SMILES string of the molecule is OC[C@@H]1O[C@@H]2O[C@H]3[C@H](O)[C@@H](O)[C@@H](O[C@H]4[C@H](O)[C@@H](O)[C@@H](O[C@H]5[C@H](O)[C@@H](O)[C@@H](O[C@H]6[C@H](O)[C@@H](O)[C@@H](O[C@H]7[C@H](O)[C@H](O)[C@@H](O[C@H]8[C@H](O)[C@@H](O)[C@@H](O[C@H]9[C@H](O)[C@@H](O)[C@@H](O[C@H]1[C@H](O)[C@H]2O)O[C@H]9CO)O[C@@H]8COC(c1ccccc1)(c1ccccc1)c1ccccc1)O[C@@H]7CO)O[C@@H]6CO)O[C@@H]5CO)O[C@@H]4CO)O[C@H]3CO. The van der Waals surface area contributed by atoms with E-state index in [2.05, 4.69) is 0 Å². The molecule has 3 aromatic rings. The van der Waals surface area contributed by atoms with Gasteiger partial charge in [0.1, 0.15) is 201 Å². The van der Waals surface area contributed by atoms with E-state index in [9.17, 15) is 117 Å². The molecule has 0 amide bonds. The molecule has 40 atom stereocenters. The van der Waals surface area contributed by atoms with Crippen molar-refractivity contribution in [3.63, 3.8) is 0 Å². The van der Waals surface area contributed by atoms with E-state index < -0.39 is 304 Å². The molecule has 30 saturated heterocycles. The Balaban J connectivity index is 0.857. The lowest BCUT2D eigenvalue weighted by atomic mass is 9.80. The molecule has 30 aliphatic heterocycles. The highest BCUT2D eigenvalue weighted by Crippen LogP contribution is 2.44. The van der Waals surface area contributed by atoms with Crippen molar-refractivity contribution in [3.05, 3.63) is 108 Å². The maximum atomic E-state index is 12.4. The van der Waals surface area contributed by atoms with E-state index in [0.717, 1.165) is 0 Å². The van der Waals surface area contributed by atoms with Crippen LogP contribution in [-0.4, -0.2) is 416 Å². The maximum absolute atomic E-state index is 12.4. The van der Waals surface area contributed by atoms with Gasteiger partial charge in [-0.25, -0.2) is 0 Å². The zero-order valence-electron chi connectivity index (χ0n) is 56.6. The van der Waals surface area contributed by atoms with Crippen LogP contribution in [-0.2, 0) is 86.1 Å². The second kappa shape index (κ2) is 35.6. The van der Waals surface area contributed by atoms with Gasteiger partial charge in [0.15, 0.2) is 50.3 Å². The minimum Gasteiger partial charge on any atom is -0.394 e. The Hall–Kier alpha value is -3.94. The van der Waals surface area contributed by atoms with Gasteiger partial charge in [-0.2, -0.15) is 0 Å². The van der Waals surface area contributed by atoms with Crippen molar-refractivity contribution >= 4 is 0 Å². The molecule has 0 saturated carbocycles. The van der Waals surface area contributed by atoms with E-state index in [1.54, 1.807) is 91.0 Å². The Morgan fingerprint density at radius 2 is 0.355 bits per heavy atom. The Labute approximate surface area is 608 Å². The molecule has 33 rings (SSSR count). The maximum Gasteiger partial charge on any atom is 0.187 e. The first-order chi connectivity index (χ1) is 51.4. The third-order valence-corrected chi connectivity index (χ3v) is 20.7. The zero-order chi connectivity index (χ0) is 76.6. The molecule has 0 aromatic heterocycles. The number of benzene rings is 3. The largest absolute Gasteiger partial charge is 0.394 e. The van der Waals surface area contributed by atoms with Crippen molar-refractivity contribution < 1.29 is 198 Å². The molecule has 3 aromatic carbocycles. The second-order valence-electron chi connectivity index (χ2n) is 27.4. The number of hydrogen-bond donors (Lipinski definition) is 23. The molecule has 30 heterocycles. The van der Waals surface area contributed by atoms with Crippen LogP contribution in [0, 0.1) is 0 Å². The summed E-state index contributed by atoms with van der Waals surface area (Å²) in [6.45, 7) is -8.33. The highest BCUT2D eigenvalue weighted by atomic mass is 16.8.